The zero-order valence-electron chi connectivity index (χ0n) is 18.7. The molecule has 1 unspecified atom stereocenters. The third-order valence-electron chi connectivity index (χ3n) is 5.80. The summed E-state index contributed by atoms with van der Waals surface area (Å²) in [5.74, 6) is -2.28. The van der Waals surface area contributed by atoms with Gasteiger partial charge in [0.1, 0.15) is 11.8 Å². The Hall–Kier alpha value is -4.30. The summed E-state index contributed by atoms with van der Waals surface area (Å²) in [4.78, 5) is 32.5. The van der Waals surface area contributed by atoms with Gasteiger partial charge in [-0.05, 0) is 48.9 Å². The van der Waals surface area contributed by atoms with Crippen molar-refractivity contribution in [2.75, 3.05) is 12.0 Å². The lowest BCUT2D eigenvalue weighted by Crippen LogP contribution is -2.31. The molecular weight excluding hydrogens is 472 g/mol. The van der Waals surface area contributed by atoms with Crippen molar-refractivity contribution in [1.29, 1.82) is 0 Å². The first-order chi connectivity index (χ1) is 16.8. The summed E-state index contributed by atoms with van der Waals surface area (Å²) in [6, 6.07) is 13.3. The van der Waals surface area contributed by atoms with Crippen LogP contribution in [0.25, 0.3) is 11.0 Å². The van der Waals surface area contributed by atoms with Crippen molar-refractivity contribution >= 4 is 39.9 Å². The third-order valence-corrected chi connectivity index (χ3v) is 6.02. The molecule has 1 atom stereocenters. The van der Waals surface area contributed by atoms with Gasteiger partial charge in [-0.25, -0.2) is 0 Å². The van der Waals surface area contributed by atoms with Gasteiger partial charge in [-0.2, -0.15) is 0 Å². The van der Waals surface area contributed by atoms with E-state index in [1.54, 1.807) is 49.4 Å². The lowest BCUT2D eigenvalue weighted by atomic mass is 9.98. The number of aliphatic hydroxyl groups excluding tert-OH is 1. The summed E-state index contributed by atoms with van der Waals surface area (Å²) in [6.07, 6.45) is 1.51. The van der Waals surface area contributed by atoms with Crippen LogP contribution in [0.4, 0.5) is 5.69 Å². The number of carbonyl (C=O) groups is 2. The van der Waals surface area contributed by atoms with E-state index in [0.29, 0.717) is 27.4 Å². The van der Waals surface area contributed by atoms with Crippen LogP contribution in [0.3, 0.4) is 0 Å². The van der Waals surface area contributed by atoms with Crippen LogP contribution in [0.1, 0.15) is 27.9 Å². The molecule has 5 rings (SSSR count). The summed E-state index contributed by atoms with van der Waals surface area (Å²) in [5, 5.41) is 22.4. The molecule has 8 nitrogen and oxygen atoms in total. The Labute approximate surface area is 204 Å². The van der Waals surface area contributed by atoms with Crippen LogP contribution < -0.4 is 9.64 Å². The molecule has 0 bridgehead atoms. The number of anilines is 1. The molecule has 0 spiro atoms. The Bertz CT molecular complexity index is 1530. The number of aromatic nitrogens is 1. The number of hydrogen-bond acceptors (Lipinski definition) is 7. The number of ketones is 1. The molecule has 2 N–H and O–H groups in total. The number of phenols is 1. The fourth-order valence-electron chi connectivity index (χ4n) is 4.21. The van der Waals surface area contributed by atoms with Crippen molar-refractivity contribution in [2.24, 2.45) is 0 Å². The molecule has 1 amide bonds. The number of fused-ring (bicyclic) bond motifs is 1. The number of carbonyl (C=O) groups excluding carboxylic acids is 2. The number of Topliss-reactive ketones (excluding diaryl/α,β-unsaturated/α-hetero) is 1. The second kappa shape index (κ2) is 8.48. The van der Waals surface area contributed by atoms with Crippen LogP contribution >= 0.6 is 11.6 Å². The molecular formula is C26H19ClN2O6. The topological polar surface area (TPSA) is 113 Å². The highest BCUT2D eigenvalue weighted by Crippen LogP contribution is 2.45. The second-order valence-electron chi connectivity index (χ2n) is 8.05. The molecule has 0 aliphatic carbocycles. The predicted octanol–water partition coefficient (Wildman–Crippen LogP) is 5.29. The molecule has 0 saturated heterocycles. The average Bonchev–Trinajstić information content (AvgIpc) is 3.39. The van der Waals surface area contributed by atoms with Gasteiger partial charge in [-0.3, -0.25) is 19.5 Å². The molecule has 3 heterocycles. The van der Waals surface area contributed by atoms with Crippen molar-refractivity contribution in [3.05, 3.63) is 94.2 Å². The molecule has 4 aromatic rings. The Morgan fingerprint density at radius 2 is 1.94 bits per heavy atom. The zero-order chi connectivity index (χ0) is 24.9. The van der Waals surface area contributed by atoms with Gasteiger partial charge < -0.3 is 19.4 Å². The number of phenolic OH excluding ortho intramolecular Hbond substituents is 1. The van der Waals surface area contributed by atoms with Crippen molar-refractivity contribution in [1.82, 2.24) is 4.98 Å². The van der Waals surface area contributed by atoms with Crippen LogP contribution in [0.5, 0.6) is 11.5 Å². The van der Waals surface area contributed by atoms with Crippen LogP contribution in [0, 0.1) is 6.92 Å². The Balaban J connectivity index is 1.68. The number of nitrogens with zero attached hydrogens (tertiary/aromatic N) is 2. The Morgan fingerprint density at radius 3 is 2.66 bits per heavy atom. The number of aromatic hydroxyl groups is 1. The van der Waals surface area contributed by atoms with E-state index >= 15 is 0 Å². The fourth-order valence-corrected chi connectivity index (χ4v) is 4.43. The van der Waals surface area contributed by atoms with Gasteiger partial charge in [0.05, 0.1) is 24.1 Å². The normalized spacial score (nSPS) is 15.8. The first-order valence-electron chi connectivity index (χ1n) is 10.6. The molecule has 2 aromatic heterocycles. The highest BCUT2D eigenvalue weighted by atomic mass is 35.5. The number of amides is 1. The third kappa shape index (κ3) is 3.68. The number of rotatable bonds is 5. The molecule has 1 aliphatic heterocycles. The van der Waals surface area contributed by atoms with E-state index in [9.17, 15) is 19.8 Å². The Morgan fingerprint density at radius 1 is 1.14 bits per heavy atom. The summed E-state index contributed by atoms with van der Waals surface area (Å²) < 4.78 is 11.1. The van der Waals surface area contributed by atoms with Gasteiger partial charge >= 0.3 is 0 Å². The summed E-state index contributed by atoms with van der Waals surface area (Å²) in [7, 11) is 1.45. The summed E-state index contributed by atoms with van der Waals surface area (Å²) in [5.41, 5.74) is 1.31. The maximum Gasteiger partial charge on any atom is 0.294 e. The molecule has 2 aromatic carbocycles. The average molecular weight is 491 g/mol. The number of furan rings is 1. The predicted molar refractivity (Wildman–Crippen MR) is 129 cm³/mol. The van der Waals surface area contributed by atoms with Crippen LogP contribution in [0.2, 0.25) is 5.02 Å². The zero-order valence-corrected chi connectivity index (χ0v) is 19.4. The van der Waals surface area contributed by atoms with E-state index in [0.717, 1.165) is 10.5 Å². The van der Waals surface area contributed by atoms with E-state index < -0.39 is 23.5 Å². The first-order valence-corrected chi connectivity index (χ1v) is 11.0. The van der Waals surface area contributed by atoms with E-state index in [-0.39, 0.29) is 22.8 Å². The Kier molecular flexibility index (Phi) is 5.45. The van der Waals surface area contributed by atoms with E-state index in [4.69, 9.17) is 20.8 Å². The molecule has 0 fully saturated rings. The van der Waals surface area contributed by atoms with Crippen molar-refractivity contribution in [3.8, 4) is 11.5 Å². The van der Waals surface area contributed by atoms with E-state index in [1.807, 2.05) is 0 Å². The van der Waals surface area contributed by atoms with Gasteiger partial charge in [0.2, 0.25) is 5.78 Å². The SMILES string of the molecule is COc1cc(Cl)cc2cc(C(=O)C3=C(O)C(=O)N(c4cc(C)ccc4O)C3c3ccccn3)oc12. The molecule has 0 saturated carbocycles. The largest absolute Gasteiger partial charge is 0.506 e. The number of hydrogen-bond donors (Lipinski definition) is 2. The monoisotopic (exact) mass is 490 g/mol. The summed E-state index contributed by atoms with van der Waals surface area (Å²) >= 11 is 6.14. The smallest absolute Gasteiger partial charge is 0.294 e. The number of benzene rings is 2. The quantitative estimate of drug-likeness (QED) is 0.365. The van der Waals surface area contributed by atoms with E-state index in [2.05, 4.69) is 4.98 Å². The molecule has 176 valence electrons. The molecule has 0 radical (unpaired) electrons. The minimum Gasteiger partial charge on any atom is -0.506 e. The number of aryl methyl sites for hydroxylation is 1. The number of methoxy groups -OCH3 is 1. The van der Waals surface area contributed by atoms with Crippen LogP contribution in [0.15, 0.2) is 76.5 Å². The minimum atomic E-state index is -1.11. The molecule has 9 heteroatoms. The number of halogens is 1. The van der Waals surface area contributed by atoms with Gasteiger partial charge in [0.25, 0.3) is 5.91 Å². The lowest BCUT2D eigenvalue weighted by Gasteiger charge is -2.26. The number of aliphatic hydroxyl groups is 1. The lowest BCUT2D eigenvalue weighted by molar-refractivity contribution is -0.117. The first kappa shape index (κ1) is 22.5. The van der Waals surface area contributed by atoms with Gasteiger partial charge in [-0.15, -0.1) is 0 Å². The van der Waals surface area contributed by atoms with Crippen molar-refractivity contribution < 1.29 is 29.0 Å². The molecule has 1 aliphatic rings. The van der Waals surface area contributed by atoms with Gasteiger partial charge in [0, 0.05) is 22.7 Å². The molecule has 35 heavy (non-hydrogen) atoms. The van der Waals surface area contributed by atoms with Crippen LogP contribution in [-0.4, -0.2) is 34.0 Å². The summed E-state index contributed by atoms with van der Waals surface area (Å²) in [6.45, 7) is 1.80. The fraction of sp³-hybridized carbons (Fsp3) is 0.115. The highest BCUT2D eigenvalue weighted by molar-refractivity contribution is 6.31. The maximum absolute atomic E-state index is 13.7. The van der Waals surface area contributed by atoms with Gasteiger partial charge in [-0.1, -0.05) is 23.7 Å². The standard InChI is InChI=1S/C26H19ClN2O6/c1-13-6-7-18(30)17(9-13)29-22(16-5-3-4-8-28-16)21(24(32)26(29)33)23(31)19-11-14-10-15(27)12-20(34-2)25(14)35-19/h3-12,22,30,32H,1-2H3. The van der Waals surface area contributed by atoms with E-state index in [1.165, 1.54) is 25.4 Å². The van der Waals surface area contributed by atoms with Crippen molar-refractivity contribution in [3.63, 3.8) is 0 Å². The number of ether oxygens (including phenoxy) is 1. The maximum atomic E-state index is 13.7. The van der Waals surface area contributed by atoms with Crippen LogP contribution in [-0.2, 0) is 4.79 Å². The minimum absolute atomic E-state index is 0.119. The van der Waals surface area contributed by atoms with Gasteiger partial charge in [0.15, 0.2) is 22.9 Å². The highest BCUT2D eigenvalue weighted by Gasteiger charge is 2.46. The van der Waals surface area contributed by atoms with Crippen molar-refractivity contribution in [2.45, 2.75) is 13.0 Å². The second-order valence-corrected chi connectivity index (χ2v) is 8.49. The number of pyridine rings is 1.